The Morgan fingerprint density at radius 3 is 2.93 bits per heavy atom. The van der Waals surface area contributed by atoms with Gasteiger partial charge in [0.15, 0.2) is 0 Å². The lowest BCUT2D eigenvalue weighted by Crippen LogP contribution is -2.25. The third kappa shape index (κ3) is 1.86. The van der Waals surface area contributed by atoms with Crippen LogP contribution < -0.4 is 10.5 Å². The standard InChI is InChI=1S/C13H19NO/c1-9-11(8-14)4-3-10-7-12(15-2)5-6-13(9)10/h5-7,9,11H,3-4,8,14H2,1-2H3. The quantitative estimate of drug-likeness (QED) is 0.804. The molecule has 1 aromatic carbocycles. The SMILES string of the molecule is COc1ccc2c(c1)CCC(CN)C2C. The van der Waals surface area contributed by atoms with Gasteiger partial charge in [-0.2, -0.15) is 0 Å². The highest BCUT2D eigenvalue weighted by Crippen LogP contribution is 2.36. The summed E-state index contributed by atoms with van der Waals surface area (Å²) in [5.74, 6) is 2.20. The summed E-state index contributed by atoms with van der Waals surface area (Å²) in [6, 6.07) is 6.41. The molecule has 2 N–H and O–H groups in total. The molecule has 2 unspecified atom stereocenters. The number of ether oxygens (including phenoxy) is 1. The van der Waals surface area contributed by atoms with Gasteiger partial charge in [0.1, 0.15) is 5.75 Å². The maximum absolute atomic E-state index is 5.78. The number of nitrogens with two attached hydrogens (primary N) is 1. The molecular formula is C13H19NO. The highest BCUT2D eigenvalue weighted by Gasteiger charge is 2.25. The van der Waals surface area contributed by atoms with E-state index in [-0.39, 0.29) is 0 Å². The van der Waals surface area contributed by atoms with Gasteiger partial charge < -0.3 is 10.5 Å². The summed E-state index contributed by atoms with van der Waals surface area (Å²) >= 11 is 0. The first-order chi connectivity index (χ1) is 7.26. The highest BCUT2D eigenvalue weighted by molar-refractivity contribution is 5.39. The lowest BCUT2D eigenvalue weighted by atomic mass is 9.76. The van der Waals surface area contributed by atoms with Crippen molar-refractivity contribution in [3.8, 4) is 5.75 Å². The molecule has 2 heteroatoms. The Kier molecular flexibility index (Phi) is 2.96. The van der Waals surface area contributed by atoms with Crippen LogP contribution in [0, 0.1) is 5.92 Å². The van der Waals surface area contributed by atoms with Gasteiger partial charge in [0.2, 0.25) is 0 Å². The van der Waals surface area contributed by atoms with E-state index in [0.29, 0.717) is 11.8 Å². The third-order valence-electron chi connectivity index (χ3n) is 3.64. The van der Waals surface area contributed by atoms with Crippen LogP contribution >= 0.6 is 0 Å². The van der Waals surface area contributed by atoms with E-state index in [1.807, 2.05) is 6.07 Å². The van der Waals surface area contributed by atoms with Gasteiger partial charge >= 0.3 is 0 Å². The van der Waals surface area contributed by atoms with Crippen LogP contribution in [0.1, 0.15) is 30.4 Å². The predicted octanol–water partition coefficient (Wildman–Crippen LogP) is 2.32. The van der Waals surface area contributed by atoms with Gasteiger partial charge in [-0.25, -0.2) is 0 Å². The summed E-state index contributed by atoms with van der Waals surface area (Å²) in [6.45, 7) is 3.08. The van der Waals surface area contributed by atoms with Crippen LogP contribution in [-0.4, -0.2) is 13.7 Å². The van der Waals surface area contributed by atoms with Crippen LogP contribution in [0.5, 0.6) is 5.75 Å². The van der Waals surface area contributed by atoms with Crippen LogP contribution in [0.4, 0.5) is 0 Å². The van der Waals surface area contributed by atoms with E-state index >= 15 is 0 Å². The molecule has 0 fully saturated rings. The summed E-state index contributed by atoms with van der Waals surface area (Å²) in [5, 5.41) is 0. The van der Waals surface area contributed by atoms with Crippen molar-refractivity contribution in [2.75, 3.05) is 13.7 Å². The molecule has 0 heterocycles. The van der Waals surface area contributed by atoms with Crippen LogP contribution in [0.2, 0.25) is 0 Å². The van der Waals surface area contributed by atoms with Gasteiger partial charge in [-0.1, -0.05) is 13.0 Å². The number of fused-ring (bicyclic) bond motifs is 1. The summed E-state index contributed by atoms with van der Waals surface area (Å²) in [6.07, 6.45) is 2.34. The molecule has 0 saturated heterocycles. The van der Waals surface area contributed by atoms with Crippen LogP contribution in [0.3, 0.4) is 0 Å². The summed E-state index contributed by atoms with van der Waals surface area (Å²) in [4.78, 5) is 0. The third-order valence-corrected chi connectivity index (χ3v) is 3.64. The second kappa shape index (κ2) is 4.23. The van der Waals surface area contributed by atoms with Crippen LogP contribution in [-0.2, 0) is 6.42 Å². The molecule has 1 aliphatic rings. The van der Waals surface area contributed by atoms with Crippen molar-refractivity contribution in [1.29, 1.82) is 0 Å². The van der Waals surface area contributed by atoms with Crippen molar-refractivity contribution in [2.24, 2.45) is 11.7 Å². The van der Waals surface area contributed by atoms with E-state index in [9.17, 15) is 0 Å². The molecule has 1 aliphatic carbocycles. The summed E-state index contributed by atoms with van der Waals surface area (Å²) < 4.78 is 5.24. The van der Waals surface area contributed by atoms with E-state index in [4.69, 9.17) is 10.5 Å². The number of hydrogen-bond donors (Lipinski definition) is 1. The van der Waals surface area contributed by atoms with Crippen LogP contribution in [0.15, 0.2) is 18.2 Å². The molecule has 0 aromatic heterocycles. The van der Waals surface area contributed by atoms with Crippen molar-refractivity contribution >= 4 is 0 Å². The highest BCUT2D eigenvalue weighted by atomic mass is 16.5. The second-order valence-corrected chi connectivity index (χ2v) is 4.39. The molecule has 2 rings (SSSR count). The van der Waals surface area contributed by atoms with E-state index in [2.05, 4.69) is 19.1 Å². The zero-order valence-corrected chi connectivity index (χ0v) is 9.49. The minimum atomic E-state index is 0.588. The minimum absolute atomic E-state index is 0.588. The first-order valence-electron chi connectivity index (χ1n) is 5.63. The van der Waals surface area contributed by atoms with Crippen molar-refractivity contribution in [3.05, 3.63) is 29.3 Å². The fourth-order valence-electron chi connectivity index (χ4n) is 2.54. The van der Waals surface area contributed by atoms with Crippen molar-refractivity contribution in [2.45, 2.75) is 25.7 Å². The molecule has 2 atom stereocenters. The second-order valence-electron chi connectivity index (χ2n) is 4.39. The van der Waals surface area contributed by atoms with E-state index in [0.717, 1.165) is 18.7 Å². The number of benzene rings is 1. The lowest BCUT2D eigenvalue weighted by molar-refractivity contribution is 0.392. The maximum Gasteiger partial charge on any atom is 0.119 e. The number of methoxy groups -OCH3 is 1. The topological polar surface area (TPSA) is 35.2 Å². The van der Waals surface area contributed by atoms with Gasteiger partial charge in [-0.15, -0.1) is 0 Å². The van der Waals surface area contributed by atoms with E-state index in [1.54, 1.807) is 7.11 Å². The first-order valence-corrected chi connectivity index (χ1v) is 5.63. The Morgan fingerprint density at radius 2 is 2.27 bits per heavy atom. The summed E-state index contributed by atoms with van der Waals surface area (Å²) in [7, 11) is 1.72. The molecule has 0 amide bonds. The molecular weight excluding hydrogens is 186 g/mol. The van der Waals surface area contributed by atoms with E-state index in [1.165, 1.54) is 17.5 Å². The molecule has 0 saturated carbocycles. The van der Waals surface area contributed by atoms with Crippen LogP contribution in [0.25, 0.3) is 0 Å². The molecule has 82 valence electrons. The Morgan fingerprint density at radius 1 is 1.47 bits per heavy atom. The number of hydrogen-bond acceptors (Lipinski definition) is 2. The molecule has 0 radical (unpaired) electrons. The first kappa shape index (κ1) is 10.5. The average Bonchev–Trinajstić information content (AvgIpc) is 2.29. The molecule has 0 bridgehead atoms. The van der Waals surface area contributed by atoms with Gasteiger partial charge in [-0.05, 0) is 54.5 Å². The molecule has 1 aromatic rings. The van der Waals surface area contributed by atoms with Gasteiger partial charge in [0.25, 0.3) is 0 Å². The monoisotopic (exact) mass is 205 g/mol. The van der Waals surface area contributed by atoms with Gasteiger partial charge in [-0.3, -0.25) is 0 Å². The molecule has 15 heavy (non-hydrogen) atoms. The van der Waals surface area contributed by atoms with Crippen molar-refractivity contribution < 1.29 is 4.74 Å². The number of aryl methyl sites for hydroxylation is 1. The molecule has 0 aliphatic heterocycles. The zero-order chi connectivity index (χ0) is 10.8. The lowest BCUT2D eigenvalue weighted by Gasteiger charge is -2.30. The Bertz CT molecular complexity index is 348. The predicted molar refractivity (Wildman–Crippen MR) is 62.3 cm³/mol. The Labute approximate surface area is 91.4 Å². The minimum Gasteiger partial charge on any atom is -0.497 e. The maximum atomic E-state index is 5.78. The van der Waals surface area contributed by atoms with Gasteiger partial charge in [0.05, 0.1) is 7.11 Å². The normalized spacial score (nSPS) is 24.7. The zero-order valence-electron chi connectivity index (χ0n) is 9.49. The van der Waals surface area contributed by atoms with E-state index < -0.39 is 0 Å². The average molecular weight is 205 g/mol. The number of rotatable bonds is 2. The summed E-state index contributed by atoms with van der Waals surface area (Å²) in [5.41, 5.74) is 8.67. The fourth-order valence-corrected chi connectivity index (χ4v) is 2.54. The Hall–Kier alpha value is -1.02. The smallest absolute Gasteiger partial charge is 0.119 e. The fraction of sp³-hybridized carbons (Fsp3) is 0.538. The van der Waals surface area contributed by atoms with Crippen molar-refractivity contribution in [1.82, 2.24) is 0 Å². The molecule has 2 nitrogen and oxygen atoms in total. The van der Waals surface area contributed by atoms with Crippen molar-refractivity contribution in [3.63, 3.8) is 0 Å². The largest absolute Gasteiger partial charge is 0.497 e. The Balaban J connectivity index is 2.33. The molecule has 0 spiro atoms. The van der Waals surface area contributed by atoms with Gasteiger partial charge in [0, 0.05) is 0 Å².